The van der Waals surface area contributed by atoms with Crippen LogP contribution >= 0.6 is 0 Å². The molecule has 0 bridgehead atoms. The fraction of sp³-hybridized carbons (Fsp3) is 0.714. The van der Waals surface area contributed by atoms with E-state index in [1.165, 1.54) is 0 Å². The van der Waals surface area contributed by atoms with E-state index in [-0.39, 0.29) is 30.3 Å². The normalized spacial score (nSPS) is 22.4. The Morgan fingerprint density at radius 2 is 1.79 bits per heavy atom. The Morgan fingerprint density at radius 3 is 2.37 bits per heavy atom. The van der Waals surface area contributed by atoms with Crippen LogP contribution in [0, 0.1) is 11.8 Å². The van der Waals surface area contributed by atoms with E-state index >= 15 is 0 Å². The van der Waals surface area contributed by atoms with E-state index < -0.39 is 0 Å². The van der Waals surface area contributed by atoms with E-state index in [1.54, 1.807) is 23.9 Å². The Labute approximate surface area is 115 Å². The first-order valence-corrected chi connectivity index (χ1v) is 6.58. The molecule has 0 aromatic rings. The Balaban J connectivity index is 2.52. The number of hydrogen-bond acceptors (Lipinski definition) is 4. The van der Waals surface area contributed by atoms with Crippen molar-refractivity contribution in [3.8, 4) is 0 Å². The molecule has 19 heavy (non-hydrogen) atoms. The molecule has 0 radical (unpaired) electrons. The predicted molar refractivity (Wildman–Crippen MR) is 73.6 cm³/mol. The monoisotopic (exact) mass is 268 g/mol. The molecule has 0 heterocycles. The van der Waals surface area contributed by atoms with Gasteiger partial charge in [0.2, 0.25) is 5.91 Å². The van der Waals surface area contributed by atoms with E-state index in [4.69, 9.17) is 4.74 Å². The summed E-state index contributed by atoms with van der Waals surface area (Å²) >= 11 is 0. The SMILES string of the molecule is CN(C)CC(=O)OCC1CC=CCC1C(=O)N(C)C. The molecule has 5 nitrogen and oxygen atoms in total. The predicted octanol–water partition coefficient (Wildman–Crippen LogP) is 0.762. The molecule has 0 aromatic carbocycles. The highest BCUT2D eigenvalue weighted by molar-refractivity contribution is 5.79. The number of carbonyl (C=O) groups excluding carboxylic acids is 2. The van der Waals surface area contributed by atoms with Crippen molar-refractivity contribution < 1.29 is 14.3 Å². The molecule has 0 saturated carbocycles. The summed E-state index contributed by atoms with van der Waals surface area (Å²) in [6.45, 7) is 0.593. The zero-order valence-corrected chi connectivity index (χ0v) is 12.3. The summed E-state index contributed by atoms with van der Waals surface area (Å²) in [4.78, 5) is 27.0. The third-order valence-corrected chi connectivity index (χ3v) is 3.23. The maximum atomic E-state index is 12.1. The zero-order valence-electron chi connectivity index (χ0n) is 12.3. The maximum absolute atomic E-state index is 12.1. The van der Waals surface area contributed by atoms with Crippen molar-refractivity contribution in [3.63, 3.8) is 0 Å². The first-order chi connectivity index (χ1) is 8.91. The lowest BCUT2D eigenvalue weighted by Crippen LogP contribution is -2.37. The molecule has 2 unspecified atom stereocenters. The highest BCUT2D eigenvalue weighted by Crippen LogP contribution is 2.27. The number of esters is 1. The van der Waals surface area contributed by atoms with Gasteiger partial charge in [-0.05, 0) is 26.9 Å². The molecule has 1 aliphatic carbocycles. The lowest BCUT2D eigenvalue weighted by atomic mass is 9.82. The zero-order chi connectivity index (χ0) is 14.4. The standard InChI is InChI=1S/C14H24N2O3/c1-15(2)9-13(17)19-10-11-7-5-6-8-12(11)14(18)16(3)4/h5-6,11-12H,7-10H2,1-4H3. The number of rotatable bonds is 5. The van der Waals surface area contributed by atoms with Crippen molar-refractivity contribution in [3.05, 3.63) is 12.2 Å². The highest BCUT2D eigenvalue weighted by atomic mass is 16.5. The third-order valence-electron chi connectivity index (χ3n) is 3.23. The number of ether oxygens (including phenoxy) is 1. The van der Waals surface area contributed by atoms with Gasteiger partial charge in [0.25, 0.3) is 0 Å². The molecular formula is C14H24N2O3. The summed E-state index contributed by atoms with van der Waals surface area (Å²) in [7, 11) is 7.16. The molecular weight excluding hydrogens is 244 g/mol. The van der Waals surface area contributed by atoms with E-state index in [0.717, 1.165) is 12.8 Å². The second-order valence-corrected chi connectivity index (χ2v) is 5.46. The van der Waals surface area contributed by atoms with Crippen LogP contribution in [0.3, 0.4) is 0 Å². The number of likely N-dealkylation sites (N-methyl/N-ethyl adjacent to an activating group) is 1. The van der Waals surface area contributed by atoms with Gasteiger partial charge in [0.05, 0.1) is 13.2 Å². The number of hydrogen-bond donors (Lipinski definition) is 0. The van der Waals surface area contributed by atoms with Crippen LogP contribution in [0.4, 0.5) is 0 Å². The molecule has 2 atom stereocenters. The quantitative estimate of drug-likeness (QED) is 0.546. The molecule has 0 aromatic heterocycles. The van der Waals surface area contributed by atoms with Crippen molar-refractivity contribution in [2.24, 2.45) is 11.8 Å². The second kappa shape index (κ2) is 7.28. The largest absolute Gasteiger partial charge is 0.464 e. The van der Waals surface area contributed by atoms with Crippen LogP contribution in [0.25, 0.3) is 0 Å². The summed E-state index contributed by atoms with van der Waals surface area (Å²) in [5.41, 5.74) is 0. The first-order valence-electron chi connectivity index (χ1n) is 6.58. The Kier molecular flexibility index (Phi) is 6.02. The molecule has 0 aliphatic heterocycles. The van der Waals surface area contributed by atoms with Gasteiger partial charge in [0.15, 0.2) is 0 Å². The summed E-state index contributed by atoms with van der Waals surface area (Å²) in [5.74, 6) is -0.119. The van der Waals surface area contributed by atoms with E-state index in [0.29, 0.717) is 6.61 Å². The molecule has 1 amide bonds. The van der Waals surface area contributed by atoms with Crippen molar-refractivity contribution in [1.82, 2.24) is 9.80 Å². The number of amides is 1. The van der Waals surface area contributed by atoms with Gasteiger partial charge in [-0.25, -0.2) is 0 Å². The fourth-order valence-electron chi connectivity index (χ4n) is 2.19. The van der Waals surface area contributed by atoms with Gasteiger partial charge in [-0.2, -0.15) is 0 Å². The van der Waals surface area contributed by atoms with Gasteiger partial charge in [-0.1, -0.05) is 12.2 Å². The van der Waals surface area contributed by atoms with Gasteiger partial charge in [-0.15, -0.1) is 0 Å². The highest BCUT2D eigenvalue weighted by Gasteiger charge is 2.30. The summed E-state index contributed by atoms with van der Waals surface area (Å²) < 4.78 is 5.27. The van der Waals surface area contributed by atoms with Crippen LogP contribution in [0.15, 0.2) is 12.2 Å². The topological polar surface area (TPSA) is 49.9 Å². The smallest absolute Gasteiger partial charge is 0.320 e. The Morgan fingerprint density at radius 1 is 1.16 bits per heavy atom. The summed E-state index contributed by atoms with van der Waals surface area (Å²) in [6, 6.07) is 0. The minimum atomic E-state index is -0.240. The van der Waals surface area contributed by atoms with Gasteiger partial charge in [-0.3, -0.25) is 14.5 Å². The number of nitrogens with zero attached hydrogens (tertiary/aromatic N) is 2. The van der Waals surface area contributed by atoms with Crippen molar-refractivity contribution in [1.29, 1.82) is 0 Å². The molecule has 1 aliphatic rings. The van der Waals surface area contributed by atoms with Crippen LogP contribution < -0.4 is 0 Å². The minimum Gasteiger partial charge on any atom is -0.464 e. The lowest BCUT2D eigenvalue weighted by molar-refractivity contribution is -0.148. The average Bonchev–Trinajstić information content (AvgIpc) is 2.35. The molecule has 1 rings (SSSR count). The second-order valence-electron chi connectivity index (χ2n) is 5.46. The van der Waals surface area contributed by atoms with Crippen LogP contribution in [0.1, 0.15) is 12.8 Å². The number of carbonyl (C=O) groups is 2. The summed E-state index contributed by atoms with van der Waals surface area (Å²) in [5, 5.41) is 0. The van der Waals surface area contributed by atoms with Crippen molar-refractivity contribution >= 4 is 11.9 Å². The van der Waals surface area contributed by atoms with Crippen molar-refractivity contribution in [2.75, 3.05) is 41.3 Å². The van der Waals surface area contributed by atoms with Crippen molar-refractivity contribution in [2.45, 2.75) is 12.8 Å². The molecule has 0 fully saturated rings. The molecule has 0 saturated heterocycles. The van der Waals surface area contributed by atoms with E-state index in [2.05, 4.69) is 6.08 Å². The average molecular weight is 268 g/mol. The van der Waals surface area contributed by atoms with Crippen LogP contribution in [-0.4, -0.2) is 63.0 Å². The summed E-state index contributed by atoms with van der Waals surface area (Å²) in [6.07, 6.45) is 5.61. The van der Waals surface area contributed by atoms with Gasteiger partial charge in [0.1, 0.15) is 0 Å². The molecule has 108 valence electrons. The van der Waals surface area contributed by atoms with Gasteiger partial charge >= 0.3 is 5.97 Å². The van der Waals surface area contributed by atoms with E-state index in [9.17, 15) is 9.59 Å². The Hall–Kier alpha value is -1.36. The van der Waals surface area contributed by atoms with Gasteiger partial charge in [0, 0.05) is 25.9 Å². The Bertz CT molecular complexity index is 351. The van der Waals surface area contributed by atoms with Gasteiger partial charge < -0.3 is 9.64 Å². The molecule has 0 N–H and O–H groups in total. The number of allylic oxidation sites excluding steroid dienone is 2. The van der Waals surface area contributed by atoms with Crippen LogP contribution in [0.5, 0.6) is 0 Å². The lowest BCUT2D eigenvalue weighted by Gasteiger charge is -2.29. The fourth-order valence-corrected chi connectivity index (χ4v) is 2.19. The first kappa shape index (κ1) is 15.7. The third kappa shape index (κ3) is 5.03. The van der Waals surface area contributed by atoms with Crippen LogP contribution in [-0.2, 0) is 14.3 Å². The molecule has 0 spiro atoms. The van der Waals surface area contributed by atoms with E-state index in [1.807, 2.05) is 20.2 Å². The maximum Gasteiger partial charge on any atom is 0.320 e. The minimum absolute atomic E-state index is 0.0767. The molecule has 5 heteroatoms. The van der Waals surface area contributed by atoms with Crippen LogP contribution in [0.2, 0.25) is 0 Å².